The van der Waals surface area contributed by atoms with Gasteiger partial charge in [-0.15, -0.1) is 0 Å². The Morgan fingerprint density at radius 3 is 2.58 bits per heavy atom. The summed E-state index contributed by atoms with van der Waals surface area (Å²) in [5, 5.41) is 3.24. The number of amides is 1. The first-order valence-corrected chi connectivity index (χ1v) is 8.77. The summed E-state index contributed by atoms with van der Waals surface area (Å²) in [6, 6.07) is 12.3. The van der Waals surface area contributed by atoms with Crippen molar-refractivity contribution in [2.24, 2.45) is 0 Å². The molecule has 0 aliphatic rings. The summed E-state index contributed by atoms with van der Waals surface area (Å²) in [6.07, 6.45) is 1.72. The number of benzene rings is 1. The van der Waals surface area contributed by atoms with Crippen LogP contribution in [-0.2, 0) is 4.79 Å². The van der Waals surface area contributed by atoms with Gasteiger partial charge < -0.3 is 4.74 Å². The fraction of sp³-hybridized carbons (Fsp3) is 0.158. The van der Waals surface area contributed by atoms with Crippen LogP contribution >= 0.6 is 11.3 Å². The van der Waals surface area contributed by atoms with Gasteiger partial charge in [0.25, 0.3) is 5.91 Å². The summed E-state index contributed by atoms with van der Waals surface area (Å²) >= 11 is 1.37. The van der Waals surface area contributed by atoms with E-state index in [9.17, 15) is 9.59 Å². The highest BCUT2D eigenvalue weighted by atomic mass is 32.1. The molecule has 7 heteroatoms. The molecule has 0 bridgehead atoms. The number of aryl methyl sites for hydroxylation is 1. The number of anilines is 1. The number of thiazole rings is 1. The summed E-state index contributed by atoms with van der Waals surface area (Å²) in [5.41, 5.74) is 2.23. The Morgan fingerprint density at radius 2 is 1.92 bits per heavy atom. The van der Waals surface area contributed by atoms with Crippen molar-refractivity contribution in [2.75, 3.05) is 11.9 Å². The van der Waals surface area contributed by atoms with Crippen LogP contribution in [0.25, 0.3) is 10.6 Å². The lowest BCUT2D eigenvalue weighted by molar-refractivity contribution is -0.118. The second kappa shape index (κ2) is 7.88. The minimum atomic E-state index is -0.304. The predicted octanol–water partition coefficient (Wildman–Crippen LogP) is 3.73. The third-order valence-corrected chi connectivity index (χ3v) is 4.67. The maximum Gasteiger partial charge on any atom is 0.264 e. The van der Waals surface area contributed by atoms with E-state index in [-0.39, 0.29) is 18.3 Å². The first-order valence-electron chi connectivity index (χ1n) is 7.95. The van der Waals surface area contributed by atoms with Crippen LogP contribution in [0.1, 0.15) is 23.0 Å². The molecule has 0 fully saturated rings. The van der Waals surface area contributed by atoms with Crippen molar-refractivity contribution < 1.29 is 14.3 Å². The van der Waals surface area contributed by atoms with E-state index in [1.54, 1.807) is 30.5 Å². The molecule has 1 amide bonds. The molecule has 2 aromatic heterocycles. The number of carbonyl (C=O) groups excluding carboxylic acids is 2. The van der Waals surface area contributed by atoms with E-state index < -0.39 is 0 Å². The zero-order chi connectivity index (χ0) is 18.5. The molecule has 3 rings (SSSR count). The molecule has 132 valence electrons. The quantitative estimate of drug-likeness (QED) is 0.671. The van der Waals surface area contributed by atoms with Crippen molar-refractivity contribution in [3.63, 3.8) is 0 Å². The van der Waals surface area contributed by atoms with Gasteiger partial charge in [0, 0.05) is 11.8 Å². The molecule has 6 nitrogen and oxygen atoms in total. The smallest absolute Gasteiger partial charge is 0.264 e. The zero-order valence-corrected chi connectivity index (χ0v) is 15.2. The van der Waals surface area contributed by atoms with Crippen LogP contribution in [0.5, 0.6) is 5.75 Å². The number of nitrogens with one attached hydrogen (secondary N) is 1. The van der Waals surface area contributed by atoms with Gasteiger partial charge in [0.1, 0.15) is 5.75 Å². The number of ether oxygens (including phenoxy) is 1. The van der Waals surface area contributed by atoms with Gasteiger partial charge >= 0.3 is 0 Å². The average Bonchev–Trinajstić information content (AvgIpc) is 3.01. The normalized spacial score (nSPS) is 10.4. The van der Waals surface area contributed by atoms with Gasteiger partial charge in [0.2, 0.25) is 0 Å². The Morgan fingerprint density at radius 1 is 1.15 bits per heavy atom. The molecule has 1 aromatic carbocycles. The standard InChI is InChI=1S/C19H17N3O3S/c1-12-18(16-5-3-4-10-20-16)26-19(21-12)22-17(24)11-25-15-8-6-14(7-9-15)13(2)23/h3-10H,11H2,1-2H3,(H,21,22,24). The Kier molecular flexibility index (Phi) is 5.38. The second-order valence-electron chi connectivity index (χ2n) is 5.57. The van der Waals surface area contributed by atoms with Gasteiger partial charge in [-0.2, -0.15) is 0 Å². The number of rotatable bonds is 6. The lowest BCUT2D eigenvalue weighted by Gasteiger charge is -2.06. The first-order chi connectivity index (χ1) is 12.5. The van der Waals surface area contributed by atoms with Crippen molar-refractivity contribution >= 4 is 28.2 Å². The molecule has 0 spiro atoms. The Hall–Kier alpha value is -3.06. The summed E-state index contributed by atoms with van der Waals surface area (Å²) < 4.78 is 5.44. The summed E-state index contributed by atoms with van der Waals surface area (Å²) in [4.78, 5) is 32.9. The van der Waals surface area contributed by atoms with Crippen LogP contribution in [0.3, 0.4) is 0 Å². The van der Waals surface area contributed by atoms with Crippen LogP contribution in [0.4, 0.5) is 5.13 Å². The largest absolute Gasteiger partial charge is 0.484 e. The zero-order valence-electron chi connectivity index (χ0n) is 14.4. The molecule has 0 radical (unpaired) electrons. The van der Waals surface area contributed by atoms with Crippen LogP contribution in [0.2, 0.25) is 0 Å². The summed E-state index contributed by atoms with van der Waals surface area (Å²) in [5.74, 6) is 0.203. The lowest BCUT2D eigenvalue weighted by Crippen LogP contribution is -2.20. The first kappa shape index (κ1) is 17.8. The Bertz CT molecular complexity index is 921. The van der Waals surface area contributed by atoms with Crippen molar-refractivity contribution in [1.29, 1.82) is 0 Å². The number of carbonyl (C=O) groups is 2. The molecule has 0 saturated carbocycles. The fourth-order valence-electron chi connectivity index (χ4n) is 2.27. The van der Waals surface area contributed by atoms with Gasteiger partial charge in [-0.1, -0.05) is 17.4 Å². The van der Waals surface area contributed by atoms with E-state index in [2.05, 4.69) is 15.3 Å². The number of hydrogen-bond acceptors (Lipinski definition) is 6. The number of Topliss-reactive ketones (excluding diaryl/α,β-unsaturated/α-hetero) is 1. The van der Waals surface area contributed by atoms with Crippen LogP contribution < -0.4 is 10.1 Å². The van der Waals surface area contributed by atoms with E-state index in [0.717, 1.165) is 16.3 Å². The maximum atomic E-state index is 12.1. The predicted molar refractivity (Wildman–Crippen MR) is 101 cm³/mol. The second-order valence-corrected chi connectivity index (χ2v) is 6.57. The van der Waals surface area contributed by atoms with Gasteiger partial charge in [-0.05, 0) is 50.2 Å². The van der Waals surface area contributed by atoms with Crippen molar-refractivity contribution in [3.8, 4) is 16.3 Å². The molecule has 0 aliphatic heterocycles. The molecular formula is C19H17N3O3S. The topological polar surface area (TPSA) is 81.2 Å². The van der Waals surface area contributed by atoms with E-state index in [1.807, 2.05) is 25.1 Å². The molecule has 0 unspecified atom stereocenters. The fourth-order valence-corrected chi connectivity index (χ4v) is 3.23. The number of hydrogen-bond donors (Lipinski definition) is 1. The van der Waals surface area contributed by atoms with E-state index >= 15 is 0 Å². The minimum Gasteiger partial charge on any atom is -0.484 e. The van der Waals surface area contributed by atoms with Crippen LogP contribution in [0.15, 0.2) is 48.7 Å². The number of pyridine rings is 1. The number of nitrogens with zero attached hydrogens (tertiary/aromatic N) is 2. The van der Waals surface area contributed by atoms with Crippen molar-refractivity contribution in [2.45, 2.75) is 13.8 Å². The average molecular weight is 367 g/mol. The monoisotopic (exact) mass is 367 g/mol. The molecular weight excluding hydrogens is 350 g/mol. The minimum absolute atomic E-state index is 0.0165. The molecule has 0 aliphatic carbocycles. The molecule has 1 N–H and O–H groups in total. The molecule has 3 aromatic rings. The molecule has 0 atom stereocenters. The summed E-state index contributed by atoms with van der Waals surface area (Å²) in [7, 11) is 0. The SMILES string of the molecule is CC(=O)c1ccc(OCC(=O)Nc2nc(C)c(-c3ccccn3)s2)cc1. The van der Waals surface area contributed by atoms with Crippen LogP contribution in [-0.4, -0.2) is 28.3 Å². The van der Waals surface area contributed by atoms with Gasteiger partial charge in [0.15, 0.2) is 17.5 Å². The van der Waals surface area contributed by atoms with E-state index in [4.69, 9.17) is 4.74 Å². The summed E-state index contributed by atoms with van der Waals surface area (Å²) in [6.45, 7) is 3.23. The van der Waals surface area contributed by atoms with Gasteiger partial charge in [-0.3, -0.25) is 19.9 Å². The molecule has 0 saturated heterocycles. The van der Waals surface area contributed by atoms with E-state index in [1.165, 1.54) is 18.3 Å². The van der Waals surface area contributed by atoms with Crippen LogP contribution in [0, 0.1) is 6.92 Å². The molecule has 26 heavy (non-hydrogen) atoms. The van der Waals surface area contributed by atoms with E-state index in [0.29, 0.717) is 16.4 Å². The highest BCUT2D eigenvalue weighted by molar-refractivity contribution is 7.19. The lowest BCUT2D eigenvalue weighted by atomic mass is 10.1. The number of ketones is 1. The highest BCUT2D eigenvalue weighted by Crippen LogP contribution is 2.31. The van der Waals surface area contributed by atoms with Gasteiger partial charge in [0.05, 0.1) is 16.3 Å². The Balaban J connectivity index is 1.59. The maximum absolute atomic E-state index is 12.1. The van der Waals surface area contributed by atoms with Crippen molar-refractivity contribution in [1.82, 2.24) is 9.97 Å². The Labute approximate surface area is 154 Å². The van der Waals surface area contributed by atoms with Gasteiger partial charge in [-0.25, -0.2) is 4.98 Å². The molecule has 2 heterocycles. The highest BCUT2D eigenvalue weighted by Gasteiger charge is 2.13. The third kappa shape index (κ3) is 4.31. The number of aromatic nitrogens is 2. The van der Waals surface area contributed by atoms with Crippen molar-refractivity contribution in [3.05, 3.63) is 59.9 Å². The third-order valence-electron chi connectivity index (χ3n) is 3.57.